The zero-order chi connectivity index (χ0) is 23.8. The minimum absolute atomic E-state index is 0.00767. The van der Waals surface area contributed by atoms with Gasteiger partial charge in [-0.25, -0.2) is 9.78 Å². The Bertz CT molecular complexity index is 1080. The lowest BCUT2D eigenvalue weighted by molar-refractivity contribution is -0.138. The summed E-state index contributed by atoms with van der Waals surface area (Å²) in [4.78, 5) is 42.5. The van der Waals surface area contributed by atoms with Gasteiger partial charge in [0.15, 0.2) is 10.9 Å². The van der Waals surface area contributed by atoms with Gasteiger partial charge in [-0.2, -0.15) is 0 Å². The van der Waals surface area contributed by atoms with E-state index in [1.54, 1.807) is 42.2 Å². The molecule has 0 saturated carbocycles. The summed E-state index contributed by atoms with van der Waals surface area (Å²) in [6.07, 6.45) is 0. The number of fused-ring (bicyclic) bond motifs is 1. The maximum absolute atomic E-state index is 12.3. The lowest BCUT2D eigenvalue weighted by Crippen LogP contribution is -2.44. The van der Waals surface area contributed by atoms with Crippen LogP contribution in [0.25, 0.3) is 10.2 Å². The zero-order valence-corrected chi connectivity index (χ0v) is 20.5. The normalized spacial score (nSPS) is 10.9. The monoisotopic (exact) mass is 485 g/mol. The van der Waals surface area contributed by atoms with Crippen molar-refractivity contribution in [1.82, 2.24) is 15.2 Å². The Hall–Kier alpha value is -2.91. The molecule has 3 aromatic rings. The number of thioether (sulfide) groups is 1. The molecule has 0 aliphatic carbocycles. The van der Waals surface area contributed by atoms with E-state index in [4.69, 9.17) is 4.74 Å². The van der Waals surface area contributed by atoms with Gasteiger partial charge in [0.1, 0.15) is 0 Å². The van der Waals surface area contributed by atoms with Crippen LogP contribution in [-0.4, -0.2) is 53.4 Å². The Labute approximate surface area is 201 Å². The minimum atomic E-state index is -0.573. The highest BCUT2D eigenvalue weighted by molar-refractivity contribution is 8.00. The molecule has 1 heterocycles. The molecule has 3 rings (SSSR count). The largest absolute Gasteiger partial charge is 0.452 e. The molecule has 0 aliphatic rings. The van der Waals surface area contributed by atoms with E-state index < -0.39 is 18.5 Å². The number of likely N-dealkylation sites (N-methyl/N-ethyl adjacent to an activating group) is 1. The lowest BCUT2D eigenvalue weighted by atomic mass is 10.1. The van der Waals surface area contributed by atoms with Gasteiger partial charge in [0.25, 0.3) is 5.91 Å². The fourth-order valence-electron chi connectivity index (χ4n) is 3.01. The third-order valence-electron chi connectivity index (χ3n) is 4.67. The van der Waals surface area contributed by atoms with E-state index in [0.29, 0.717) is 12.1 Å². The van der Waals surface area contributed by atoms with E-state index >= 15 is 0 Å². The number of amides is 2. The van der Waals surface area contributed by atoms with Crippen LogP contribution in [0.4, 0.5) is 0 Å². The summed E-state index contributed by atoms with van der Waals surface area (Å²) in [7, 11) is 0. The Kier molecular flexibility index (Phi) is 8.85. The number of esters is 1. The summed E-state index contributed by atoms with van der Waals surface area (Å²) >= 11 is 3.31. The number of hydrogen-bond donors (Lipinski definition) is 1. The van der Waals surface area contributed by atoms with E-state index in [1.807, 2.05) is 44.2 Å². The molecule has 0 unspecified atom stereocenters. The van der Waals surface area contributed by atoms with Crippen LogP contribution in [0.3, 0.4) is 0 Å². The predicted molar refractivity (Wildman–Crippen MR) is 131 cm³/mol. The predicted octanol–water partition coefficient (Wildman–Crippen LogP) is 4.12. The lowest BCUT2D eigenvalue weighted by Gasteiger charge is -2.21. The van der Waals surface area contributed by atoms with Crippen LogP contribution in [-0.2, 0) is 20.1 Å². The molecule has 1 N–H and O–H groups in total. The molecule has 33 heavy (non-hydrogen) atoms. The van der Waals surface area contributed by atoms with Crippen molar-refractivity contribution < 1.29 is 19.1 Å². The number of nitrogens with one attached hydrogen (secondary N) is 1. The molecule has 0 fully saturated rings. The Morgan fingerprint density at radius 2 is 1.85 bits per heavy atom. The number of ether oxygens (including phenoxy) is 1. The summed E-state index contributed by atoms with van der Waals surface area (Å²) in [6, 6.07) is 15.1. The van der Waals surface area contributed by atoms with Gasteiger partial charge in [-0.1, -0.05) is 36.0 Å². The molecule has 0 radical (unpaired) electrons. The van der Waals surface area contributed by atoms with Crippen LogP contribution < -0.4 is 5.32 Å². The van der Waals surface area contributed by atoms with Crippen molar-refractivity contribution in [2.75, 3.05) is 19.7 Å². The van der Waals surface area contributed by atoms with E-state index in [0.717, 1.165) is 25.9 Å². The van der Waals surface area contributed by atoms with Crippen LogP contribution >= 0.6 is 23.1 Å². The molecule has 0 atom stereocenters. The molecule has 9 heteroatoms. The first-order valence-electron chi connectivity index (χ1n) is 10.7. The van der Waals surface area contributed by atoms with Crippen molar-refractivity contribution >= 4 is 51.1 Å². The van der Waals surface area contributed by atoms with Gasteiger partial charge in [0.2, 0.25) is 5.91 Å². The number of nitrogens with zero attached hydrogens (tertiary/aromatic N) is 2. The minimum Gasteiger partial charge on any atom is -0.452 e. The first kappa shape index (κ1) is 24.7. The first-order valence-corrected chi connectivity index (χ1v) is 12.5. The molecule has 0 aliphatic heterocycles. The highest BCUT2D eigenvalue weighted by atomic mass is 32.2. The van der Waals surface area contributed by atoms with E-state index in [9.17, 15) is 14.4 Å². The molecule has 0 bridgehead atoms. The van der Waals surface area contributed by atoms with Gasteiger partial charge < -0.3 is 15.0 Å². The quantitative estimate of drug-likeness (QED) is 0.343. The van der Waals surface area contributed by atoms with Gasteiger partial charge in [0, 0.05) is 18.3 Å². The molecule has 1 aromatic heterocycles. The molecule has 0 spiro atoms. The van der Waals surface area contributed by atoms with Crippen molar-refractivity contribution in [3.63, 3.8) is 0 Å². The average molecular weight is 486 g/mol. The molecular weight excluding hydrogens is 458 g/mol. The van der Waals surface area contributed by atoms with Crippen LogP contribution in [0, 0.1) is 0 Å². The maximum Gasteiger partial charge on any atom is 0.338 e. The molecule has 2 amide bonds. The SMILES string of the molecule is CCN(CC(=O)NC(C)C)C(=O)COC(=O)c1ccc(CSc2nc3ccccc3s2)cc1. The second-order valence-corrected chi connectivity index (χ2v) is 9.89. The second-order valence-electron chi connectivity index (χ2n) is 7.64. The Morgan fingerprint density at radius 3 is 2.52 bits per heavy atom. The van der Waals surface area contributed by atoms with E-state index in [-0.39, 0.29) is 18.5 Å². The molecule has 174 valence electrons. The fourth-order valence-corrected chi connectivity index (χ4v) is 5.04. The molecule has 7 nitrogen and oxygen atoms in total. The van der Waals surface area contributed by atoms with Gasteiger partial charge in [-0.3, -0.25) is 9.59 Å². The fraction of sp³-hybridized carbons (Fsp3) is 0.333. The van der Waals surface area contributed by atoms with Crippen molar-refractivity contribution in [1.29, 1.82) is 0 Å². The maximum atomic E-state index is 12.3. The summed E-state index contributed by atoms with van der Waals surface area (Å²) < 4.78 is 7.33. The van der Waals surface area contributed by atoms with Gasteiger partial charge in [0.05, 0.1) is 22.3 Å². The van der Waals surface area contributed by atoms with Crippen LogP contribution in [0.1, 0.15) is 36.7 Å². The number of benzene rings is 2. The summed E-state index contributed by atoms with van der Waals surface area (Å²) in [6.45, 7) is 5.35. The average Bonchev–Trinajstić information content (AvgIpc) is 3.22. The van der Waals surface area contributed by atoms with Crippen molar-refractivity contribution in [2.45, 2.75) is 36.9 Å². The van der Waals surface area contributed by atoms with E-state index in [1.165, 1.54) is 4.90 Å². The number of carbonyl (C=O) groups is 3. The van der Waals surface area contributed by atoms with Crippen molar-refractivity contribution in [3.05, 3.63) is 59.7 Å². The molecule has 2 aromatic carbocycles. The highest BCUT2D eigenvalue weighted by Crippen LogP contribution is 2.31. The van der Waals surface area contributed by atoms with E-state index in [2.05, 4.69) is 16.4 Å². The van der Waals surface area contributed by atoms with Crippen LogP contribution in [0.2, 0.25) is 0 Å². The number of aromatic nitrogens is 1. The Balaban J connectivity index is 1.48. The van der Waals surface area contributed by atoms with Crippen LogP contribution in [0.15, 0.2) is 52.9 Å². The number of hydrogen-bond acceptors (Lipinski definition) is 7. The first-order chi connectivity index (χ1) is 15.9. The highest BCUT2D eigenvalue weighted by Gasteiger charge is 2.18. The summed E-state index contributed by atoms with van der Waals surface area (Å²) in [5, 5.41) is 2.74. The van der Waals surface area contributed by atoms with Crippen LogP contribution in [0.5, 0.6) is 0 Å². The topological polar surface area (TPSA) is 88.6 Å². The van der Waals surface area contributed by atoms with Crippen molar-refractivity contribution in [3.8, 4) is 0 Å². The summed E-state index contributed by atoms with van der Waals surface area (Å²) in [5.41, 5.74) is 2.43. The second kappa shape index (κ2) is 11.8. The number of carbonyl (C=O) groups excluding carboxylic acids is 3. The van der Waals surface area contributed by atoms with Crippen molar-refractivity contribution in [2.24, 2.45) is 0 Å². The van der Waals surface area contributed by atoms with Gasteiger partial charge in [-0.15, -0.1) is 11.3 Å². The standard InChI is InChI=1S/C24H27N3O4S2/c1-4-27(13-21(28)25-16(2)3)22(29)14-31-23(30)18-11-9-17(10-12-18)15-32-24-26-19-7-5-6-8-20(19)33-24/h5-12,16H,4,13-15H2,1-3H3,(H,25,28). The number of para-hydroxylation sites is 1. The molecule has 0 saturated heterocycles. The number of rotatable bonds is 10. The smallest absolute Gasteiger partial charge is 0.338 e. The summed E-state index contributed by atoms with van der Waals surface area (Å²) in [5.74, 6) is -0.492. The van der Waals surface area contributed by atoms with Gasteiger partial charge in [-0.05, 0) is 50.6 Å². The third-order valence-corrected chi connectivity index (χ3v) is 6.92. The zero-order valence-electron chi connectivity index (χ0n) is 18.9. The third kappa shape index (κ3) is 7.30. The Morgan fingerprint density at radius 1 is 1.12 bits per heavy atom. The number of thiazole rings is 1. The molecular formula is C24H27N3O4S2. The van der Waals surface area contributed by atoms with Gasteiger partial charge >= 0.3 is 5.97 Å².